The summed E-state index contributed by atoms with van der Waals surface area (Å²) in [6, 6.07) is 3.97. The second-order valence-corrected chi connectivity index (χ2v) is 5.95. The molecule has 122 valence electrons. The molecule has 2 N–H and O–H groups in total. The molecule has 0 aliphatic heterocycles. The fourth-order valence-corrected chi connectivity index (χ4v) is 2.59. The van der Waals surface area contributed by atoms with Gasteiger partial charge in [-0.25, -0.2) is 4.98 Å². The van der Waals surface area contributed by atoms with Crippen LogP contribution in [-0.4, -0.2) is 30.3 Å². The number of ether oxygens (including phenoxy) is 2. The van der Waals surface area contributed by atoms with Crippen molar-refractivity contribution in [2.24, 2.45) is 11.7 Å². The molecule has 0 radical (unpaired) electrons. The Kier molecular flexibility index (Phi) is 5.66. The third-order valence-electron chi connectivity index (χ3n) is 3.87. The molecule has 5 heteroatoms. The van der Waals surface area contributed by atoms with Crippen molar-refractivity contribution in [3.8, 4) is 11.5 Å². The van der Waals surface area contributed by atoms with Gasteiger partial charge >= 0.3 is 0 Å². The number of fused-ring (bicyclic) bond motifs is 1. The van der Waals surface area contributed by atoms with Crippen LogP contribution in [0.1, 0.15) is 32.5 Å². The van der Waals surface area contributed by atoms with E-state index >= 15 is 0 Å². The Hall–Kier alpha value is -1.75. The molecule has 2 rings (SSSR count). The largest absolute Gasteiger partial charge is 0.493 e. The fourth-order valence-electron chi connectivity index (χ4n) is 2.59. The number of methoxy groups -OCH3 is 2. The lowest BCUT2D eigenvalue weighted by Gasteiger charge is -2.12. The molecule has 0 aliphatic rings. The number of nitrogens with zero attached hydrogens (tertiary/aromatic N) is 2. The maximum atomic E-state index is 5.66. The predicted octanol–water partition coefficient (Wildman–Crippen LogP) is 2.99. The maximum absolute atomic E-state index is 5.66. The minimum atomic E-state index is 0.653. The molecule has 2 aromatic rings. The van der Waals surface area contributed by atoms with Crippen LogP contribution in [0.25, 0.3) is 11.0 Å². The Labute approximate surface area is 132 Å². The Morgan fingerprint density at radius 2 is 1.86 bits per heavy atom. The van der Waals surface area contributed by atoms with Crippen LogP contribution in [0.3, 0.4) is 0 Å². The lowest BCUT2D eigenvalue weighted by Crippen LogP contribution is -2.09. The average Bonchev–Trinajstić information content (AvgIpc) is 2.85. The molecule has 22 heavy (non-hydrogen) atoms. The standard InChI is InChI=1S/C17H27N3O2/c1-12(2)7-9-20-14-11-16(22-4)15(21-3)10-13(14)19-17(20)6-5-8-18/h10-12H,5-9,18H2,1-4H3. The lowest BCUT2D eigenvalue weighted by molar-refractivity contribution is 0.355. The Morgan fingerprint density at radius 3 is 2.45 bits per heavy atom. The summed E-state index contributed by atoms with van der Waals surface area (Å²) >= 11 is 0. The van der Waals surface area contributed by atoms with Gasteiger partial charge in [0.1, 0.15) is 5.82 Å². The highest BCUT2D eigenvalue weighted by atomic mass is 16.5. The monoisotopic (exact) mass is 305 g/mol. The van der Waals surface area contributed by atoms with Crippen molar-refractivity contribution in [2.75, 3.05) is 20.8 Å². The normalized spacial score (nSPS) is 11.4. The van der Waals surface area contributed by atoms with E-state index < -0.39 is 0 Å². The quantitative estimate of drug-likeness (QED) is 0.814. The summed E-state index contributed by atoms with van der Waals surface area (Å²) in [6.07, 6.45) is 2.96. The van der Waals surface area contributed by atoms with E-state index in [4.69, 9.17) is 20.2 Å². The van der Waals surface area contributed by atoms with Crippen LogP contribution >= 0.6 is 0 Å². The van der Waals surface area contributed by atoms with Crippen LogP contribution in [0.4, 0.5) is 0 Å². The van der Waals surface area contributed by atoms with Crippen LogP contribution in [0, 0.1) is 5.92 Å². The molecule has 0 amide bonds. The lowest BCUT2D eigenvalue weighted by atomic mass is 10.1. The molecule has 5 nitrogen and oxygen atoms in total. The number of nitrogens with two attached hydrogens (primary N) is 1. The molecule has 0 bridgehead atoms. The summed E-state index contributed by atoms with van der Waals surface area (Å²) < 4.78 is 13.1. The van der Waals surface area contributed by atoms with Gasteiger partial charge in [0.25, 0.3) is 0 Å². The molecule has 0 spiro atoms. The maximum Gasteiger partial charge on any atom is 0.163 e. The molecule has 0 saturated heterocycles. The van der Waals surface area contributed by atoms with Gasteiger partial charge in [-0.05, 0) is 25.3 Å². The van der Waals surface area contributed by atoms with Gasteiger partial charge in [-0.15, -0.1) is 0 Å². The van der Waals surface area contributed by atoms with Gasteiger partial charge in [0.2, 0.25) is 0 Å². The van der Waals surface area contributed by atoms with E-state index in [1.165, 1.54) is 0 Å². The van der Waals surface area contributed by atoms with Crippen molar-refractivity contribution < 1.29 is 9.47 Å². The zero-order valence-corrected chi connectivity index (χ0v) is 14.1. The van der Waals surface area contributed by atoms with E-state index in [0.29, 0.717) is 18.2 Å². The zero-order chi connectivity index (χ0) is 16.1. The van der Waals surface area contributed by atoms with Crippen LogP contribution in [0.5, 0.6) is 11.5 Å². The number of hydrogen-bond donors (Lipinski definition) is 1. The van der Waals surface area contributed by atoms with Crippen molar-refractivity contribution >= 4 is 11.0 Å². The minimum Gasteiger partial charge on any atom is -0.493 e. The van der Waals surface area contributed by atoms with E-state index in [-0.39, 0.29) is 0 Å². The van der Waals surface area contributed by atoms with Crippen molar-refractivity contribution in [1.29, 1.82) is 0 Å². The first-order chi connectivity index (χ1) is 10.6. The second-order valence-electron chi connectivity index (χ2n) is 5.95. The van der Waals surface area contributed by atoms with Gasteiger partial charge in [-0.3, -0.25) is 0 Å². The van der Waals surface area contributed by atoms with E-state index in [1.54, 1.807) is 14.2 Å². The summed E-state index contributed by atoms with van der Waals surface area (Å²) in [5, 5.41) is 0. The summed E-state index contributed by atoms with van der Waals surface area (Å²) in [7, 11) is 3.31. The van der Waals surface area contributed by atoms with Gasteiger partial charge in [-0.1, -0.05) is 13.8 Å². The predicted molar refractivity (Wildman–Crippen MR) is 89.7 cm³/mol. The van der Waals surface area contributed by atoms with E-state index in [0.717, 1.165) is 48.4 Å². The molecule has 1 aromatic heterocycles. The first-order valence-corrected chi connectivity index (χ1v) is 7.91. The molecular weight excluding hydrogens is 278 g/mol. The number of rotatable bonds is 8. The van der Waals surface area contributed by atoms with Crippen molar-refractivity contribution in [2.45, 2.75) is 39.7 Å². The van der Waals surface area contributed by atoms with Crippen LogP contribution in [-0.2, 0) is 13.0 Å². The second kappa shape index (κ2) is 7.49. The summed E-state index contributed by atoms with van der Waals surface area (Å²) in [5.41, 5.74) is 7.71. The topological polar surface area (TPSA) is 62.3 Å². The van der Waals surface area contributed by atoms with E-state index in [9.17, 15) is 0 Å². The van der Waals surface area contributed by atoms with Gasteiger partial charge in [0.05, 0.1) is 25.3 Å². The van der Waals surface area contributed by atoms with Crippen molar-refractivity contribution in [3.63, 3.8) is 0 Å². The summed E-state index contributed by atoms with van der Waals surface area (Å²) in [6.45, 7) is 6.12. The summed E-state index contributed by atoms with van der Waals surface area (Å²) in [5.74, 6) is 3.20. The molecule has 0 fully saturated rings. The van der Waals surface area contributed by atoms with Crippen LogP contribution < -0.4 is 15.2 Å². The highest BCUT2D eigenvalue weighted by Crippen LogP contribution is 2.32. The molecule has 0 saturated carbocycles. The molecule has 0 unspecified atom stereocenters. The Morgan fingerprint density at radius 1 is 1.18 bits per heavy atom. The van der Waals surface area contributed by atoms with Gasteiger partial charge in [0, 0.05) is 25.1 Å². The smallest absolute Gasteiger partial charge is 0.163 e. The molecule has 1 heterocycles. The van der Waals surface area contributed by atoms with Crippen LogP contribution in [0.2, 0.25) is 0 Å². The zero-order valence-electron chi connectivity index (χ0n) is 14.1. The molecule has 0 atom stereocenters. The Bertz CT molecular complexity index is 620. The van der Waals surface area contributed by atoms with Crippen LogP contribution in [0.15, 0.2) is 12.1 Å². The fraction of sp³-hybridized carbons (Fsp3) is 0.588. The average molecular weight is 305 g/mol. The molecular formula is C17H27N3O2. The van der Waals surface area contributed by atoms with Gasteiger partial charge < -0.3 is 19.8 Å². The third-order valence-corrected chi connectivity index (χ3v) is 3.87. The number of aryl methyl sites for hydroxylation is 2. The number of hydrogen-bond acceptors (Lipinski definition) is 4. The summed E-state index contributed by atoms with van der Waals surface area (Å²) in [4.78, 5) is 4.78. The molecule has 0 aliphatic carbocycles. The highest BCUT2D eigenvalue weighted by Gasteiger charge is 2.15. The third kappa shape index (κ3) is 3.53. The van der Waals surface area contributed by atoms with Crippen molar-refractivity contribution in [1.82, 2.24) is 9.55 Å². The Balaban J connectivity index is 2.48. The number of aromatic nitrogens is 2. The first-order valence-electron chi connectivity index (χ1n) is 7.91. The number of benzene rings is 1. The van der Waals surface area contributed by atoms with Gasteiger partial charge in [0.15, 0.2) is 11.5 Å². The number of imidazole rings is 1. The first kappa shape index (κ1) is 16.6. The van der Waals surface area contributed by atoms with Gasteiger partial charge in [-0.2, -0.15) is 0 Å². The molecule has 1 aromatic carbocycles. The van der Waals surface area contributed by atoms with E-state index in [2.05, 4.69) is 18.4 Å². The SMILES string of the molecule is COc1cc2nc(CCCN)n(CCC(C)C)c2cc1OC. The highest BCUT2D eigenvalue weighted by molar-refractivity contribution is 5.80. The van der Waals surface area contributed by atoms with E-state index in [1.807, 2.05) is 12.1 Å². The minimum absolute atomic E-state index is 0.653. The van der Waals surface area contributed by atoms with Crippen molar-refractivity contribution in [3.05, 3.63) is 18.0 Å².